The zero-order chi connectivity index (χ0) is 14.6. The monoisotopic (exact) mass is 254 g/mol. The molecule has 0 rings (SSSR count). The van der Waals surface area contributed by atoms with Crippen LogP contribution in [0, 0.1) is 0 Å². The van der Waals surface area contributed by atoms with E-state index in [9.17, 15) is 9.59 Å². The number of carbonyl (C=O) groups excluding carboxylic acids is 2. The largest absolute Gasteiger partial charge is 0.361 e. The number of hydrogen-bond acceptors (Lipinski definition) is 2. The maximum absolute atomic E-state index is 10.8. The fourth-order valence-electron chi connectivity index (χ4n) is 0.487. The van der Waals surface area contributed by atoms with Gasteiger partial charge in [-0.2, -0.15) is 0 Å². The fourth-order valence-corrected chi connectivity index (χ4v) is 0.487. The molecule has 0 saturated heterocycles. The lowest BCUT2D eigenvalue weighted by atomic mass is 10.5. The Morgan fingerprint density at radius 2 is 1.06 bits per heavy atom. The molecular formula is C12H22N4O2. The van der Waals surface area contributed by atoms with Crippen LogP contribution in [-0.4, -0.2) is 50.1 Å². The quantitative estimate of drug-likeness (QED) is 0.533. The number of azo groups is 1. The van der Waals surface area contributed by atoms with E-state index in [4.69, 9.17) is 0 Å². The van der Waals surface area contributed by atoms with E-state index in [1.54, 1.807) is 0 Å². The Balaban J connectivity index is 0. The van der Waals surface area contributed by atoms with Crippen LogP contribution >= 0.6 is 0 Å². The molecule has 0 aromatic heterocycles. The summed E-state index contributed by atoms with van der Waals surface area (Å²) in [7, 11) is 6.12. The van der Waals surface area contributed by atoms with Crippen molar-refractivity contribution in [3.8, 4) is 0 Å². The third-order valence-corrected chi connectivity index (χ3v) is 1.48. The Morgan fingerprint density at radius 1 is 0.778 bits per heavy atom. The van der Waals surface area contributed by atoms with Crippen LogP contribution in [0.2, 0.25) is 0 Å². The Bertz CT molecular complexity index is 299. The van der Waals surface area contributed by atoms with Gasteiger partial charge in [0, 0.05) is 28.2 Å². The predicted molar refractivity (Wildman–Crippen MR) is 72.7 cm³/mol. The van der Waals surface area contributed by atoms with E-state index >= 15 is 0 Å². The molecule has 0 aromatic carbocycles. The average Bonchev–Trinajstić information content (AvgIpc) is 2.33. The van der Waals surface area contributed by atoms with E-state index < -0.39 is 12.1 Å². The van der Waals surface area contributed by atoms with E-state index in [2.05, 4.69) is 10.2 Å². The summed E-state index contributed by atoms with van der Waals surface area (Å²) in [6.45, 7) is 4.00. The molecule has 18 heavy (non-hydrogen) atoms. The first-order valence-electron chi connectivity index (χ1n) is 5.45. The highest BCUT2D eigenvalue weighted by Gasteiger charge is 2.03. The summed E-state index contributed by atoms with van der Waals surface area (Å²) >= 11 is 0. The second-order valence-corrected chi connectivity index (χ2v) is 3.61. The first-order valence-corrected chi connectivity index (χ1v) is 5.45. The van der Waals surface area contributed by atoms with Crippen LogP contribution in [0.25, 0.3) is 0 Å². The topological polar surface area (TPSA) is 65.3 Å². The van der Waals surface area contributed by atoms with Crippen molar-refractivity contribution in [1.29, 1.82) is 0 Å². The lowest BCUT2D eigenvalue weighted by Crippen LogP contribution is -2.20. The van der Waals surface area contributed by atoms with E-state index in [0.717, 1.165) is 0 Å². The number of nitrogens with zero attached hydrogens (tertiary/aromatic N) is 4. The molecule has 6 nitrogen and oxygen atoms in total. The van der Waals surface area contributed by atoms with Gasteiger partial charge in [-0.25, -0.2) is 9.59 Å². The molecule has 0 aliphatic heterocycles. The Labute approximate surface area is 109 Å². The third-order valence-electron chi connectivity index (χ3n) is 1.48. The Kier molecular flexibility index (Phi) is 11.8. The summed E-state index contributed by atoms with van der Waals surface area (Å²) in [4.78, 5) is 24.0. The van der Waals surface area contributed by atoms with E-state index in [1.165, 1.54) is 38.0 Å². The molecular weight excluding hydrogens is 232 g/mol. The normalized spacial score (nSPS) is 10.6. The summed E-state index contributed by atoms with van der Waals surface area (Å²) in [5.74, 6) is 0. The highest BCUT2D eigenvalue weighted by molar-refractivity contribution is 5.79. The van der Waals surface area contributed by atoms with Crippen molar-refractivity contribution < 1.29 is 9.59 Å². The van der Waals surface area contributed by atoms with Gasteiger partial charge >= 0.3 is 12.1 Å². The zero-order valence-corrected chi connectivity index (χ0v) is 11.9. The predicted octanol–water partition coefficient (Wildman–Crippen LogP) is 2.94. The van der Waals surface area contributed by atoms with E-state index in [1.807, 2.05) is 38.2 Å². The Hall–Kier alpha value is -1.98. The molecule has 0 spiro atoms. The van der Waals surface area contributed by atoms with Crippen molar-refractivity contribution in [2.45, 2.75) is 13.8 Å². The van der Waals surface area contributed by atoms with Gasteiger partial charge in [0.25, 0.3) is 0 Å². The van der Waals surface area contributed by atoms with Gasteiger partial charge in [0.2, 0.25) is 0 Å². The molecule has 0 saturated carbocycles. The van der Waals surface area contributed by atoms with Gasteiger partial charge in [0.05, 0.1) is 0 Å². The van der Waals surface area contributed by atoms with Crippen molar-refractivity contribution in [3.63, 3.8) is 0 Å². The molecule has 0 fully saturated rings. The van der Waals surface area contributed by atoms with Gasteiger partial charge in [-0.05, 0) is 13.8 Å². The molecule has 0 atom stereocenters. The van der Waals surface area contributed by atoms with Crippen LogP contribution < -0.4 is 0 Å². The Morgan fingerprint density at radius 3 is 1.22 bits per heavy atom. The van der Waals surface area contributed by atoms with Crippen LogP contribution in [0.3, 0.4) is 0 Å². The average molecular weight is 254 g/mol. The zero-order valence-electron chi connectivity index (χ0n) is 11.9. The van der Waals surface area contributed by atoms with Gasteiger partial charge in [-0.1, -0.05) is 34.5 Å². The van der Waals surface area contributed by atoms with Crippen molar-refractivity contribution in [2.75, 3.05) is 28.2 Å². The smallest absolute Gasteiger partial charge is 0.328 e. The SMILES string of the molecule is C/C=C/C=C/C.CN(C)C(=O)N=NC(=O)N(C)C. The highest BCUT2D eigenvalue weighted by atomic mass is 16.2. The number of carbonyl (C=O) groups is 2. The van der Waals surface area contributed by atoms with Crippen LogP contribution in [0.4, 0.5) is 9.59 Å². The van der Waals surface area contributed by atoms with Crippen molar-refractivity contribution >= 4 is 12.1 Å². The first kappa shape index (κ1) is 18.4. The second-order valence-electron chi connectivity index (χ2n) is 3.61. The van der Waals surface area contributed by atoms with E-state index in [0.29, 0.717) is 0 Å². The molecule has 4 amide bonds. The number of hydrogen-bond donors (Lipinski definition) is 0. The molecule has 0 unspecified atom stereocenters. The van der Waals surface area contributed by atoms with Crippen molar-refractivity contribution in [3.05, 3.63) is 24.3 Å². The second kappa shape index (κ2) is 11.5. The third kappa shape index (κ3) is 12.1. The first-order chi connectivity index (χ1) is 8.36. The van der Waals surface area contributed by atoms with Crippen molar-refractivity contribution in [2.24, 2.45) is 10.2 Å². The lowest BCUT2D eigenvalue weighted by molar-refractivity contribution is 0.218. The fraction of sp³-hybridized carbons (Fsp3) is 0.500. The number of rotatable bonds is 1. The maximum atomic E-state index is 10.8. The minimum Gasteiger partial charge on any atom is -0.328 e. The van der Waals surface area contributed by atoms with Crippen LogP contribution in [0.15, 0.2) is 34.5 Å². The van der Waals surface area contributed by atoms with E-state index in [-0.39, 0.29) is 0 Å². The molecule has 0 radical (unpaired) electrons. The number of amides is 4. The van der Waals surface area contributed by atoms with Crippen LogP contribution in [-0.2, 0) is 0 Å². The minimum atomic E-state index is -0.551. The van der Waals surface area contributed by atoms with Gasteiger partial charge < -0.3 is 9.80 Å². The molecule has 102 valence electrons. The molecule has 0 bridgehead atoms. The molecule has 0 aliphatic carbocycles. The lowest BCUT2D eigenvalue weighted by Gasteiger charge is -2.05. The summed E-state index contributed by atoms with van der Waals surface area (Å²) in [6, 6.07) is -1.10. The van der Waals surface area contributed by atoms with Crippen LogP contribution in [0.1, 0.15) is 13.8 Å². The number of allylic oxidation sites excluding steroid dienone is 4. The highest BCUT2D eigenvalue weighted by Crippen LogP contribution is 1.89. The molecule has 0 heterocycles. The van der Waals surface area contributed by atoms with Gasteiger partial charge in [-0.15, -0.1) is 0 Å². The summed E-state index contributed by atoms with van der Waals surface area (Å²) in [5.41, 5.74) is 0. The maximum Gasteiger partial charge on any atom is 0.361 e. The molecule has 0 aromatic rings. The van der Waals surface area contributed by atoms with Crippen molar-refractivity contribution in [1.82, 2.24) is 9.80 Å². The summed E-state index contributed by atoms with van der Waals surface area (Å²) in [6.07, 6.45) is 8.00. The summed E-state index contributed by atoms with van der Waals surface area (Å²) < 4.78 is 0. The van der Waals surface area contributed by atoms with Gasteiger partial charge in [0.1, 0.15) is 0 Å². The molecule has 6 heteroatoms. The molecule has 0 aliphatic rings. The minimum absolute atomic E-state index is 0.551. The van der Waals surface area contributed by atoms with Gasteiger partial charge in [0.15, 0.2) is 0 Å². The van der Waals surface area contributed by atoms with Crippen LogP contribution in [0.5, 0.6) is 0 Å². The summed E-state index contributed by atoms with van der Waals surface area (Å²) in [5, 5.41) is 6.33. The van der Waals surface area contributed by atoms with Gasteiger partial charge in [-0.3, -0.25) is 0 Å². The number of urea groups is 2. The molecule has 0 N–H and O–H groups in total. The standard InChI is InChI=1S/C6H12N4O2.C6H10/c1-9(2)5(11)7-8-6(12)10(3)4;1-3-5-6-4-2/h1-4H3;3-6H,1-2H3/b;5-3+,6-4+.